The summed E-state index contributed by atoms with van der Waals surface area (Å²) >= 11 is 1.93. The van der Waals surface area contributed by atoms with E-state index >= 15 is 0 Å². The molecule has 0 aromatic heterocycles. The van der Waals surface area contributed by atoms with Crippen molar-refractivity contribution in [2.45, 2.75) is 57.5 Å². The fourth-order valence-electron chi connectivity index (χ4n) is 2.66. The van der Waals surface area contributed by atoms with Gasteiger partial charge in [-0.1, -0.05) is 32.1 Å². The number of thioether (sulfide) groups is 1. The molecule has 1 fully saturated rings. The SMILES string of the molecule is CSCCCCCNCC(O)CC1CCCC1. The monoisotopic (exact) mass is 259 g/mol. The van der Waals surface area contributed by atoms with Crippen LogP contribution in [0.3, 0.4) is 0 Å². The highest BCUT2D eigenvalue weighted by Gasteiger charge is 2.18. The summed E-state index contributed by atoms with van der Waals surface area (Å²) in [7, 11) is 0. The Morgan fingerprint density at radius 1 is 1.24 bits per heavy atom. The zero-order valence-electron chi connectivity index (χ0n) is 11.3. The molecule has 0 heterocycles. The highest BCUT2D eigenvalue weighted by Crippen LogP contribution is 2.28. The second kappa shape index (κ2) is 10.2. The van der Waals surface area contributed by atoms with Gasteiger partial charge in [-0.05, 0) is 43.7 Å². The van der Waals surface area contributed by atoms with Gasteiger partial charge in [-0.2, -0.15) is 11.8 Å². The highest BCUT2D eigenvalue weighted by molar-refractivity contribution is 7.98. The summed E-state index contributed by atoms with van der Waals surface area (Å²) in [5.74, 6) is 2.08. The molecule has 1 unspecified atom stereocenters. The van der Waals surface area contributed by atoms with Gasteiger partial charge in [0.05, 0.1) is 6.10 Å². The molecule has 1 atom stereocenters. The van der Waals surface area contributed by atoms with Crippen LogP contribution in [0.25, 0.3) is 0 Å². The highest BCUT2D eigenvalue weighted by atomic mass is 32.2. The maximum atomic E-state index is 9.88. The van der Waals surface area contributed by atoms with Gasteiger partial charge in [0.15, 0.2) is 0 Å². The van der Waals surface area contributed by atoms with Gasteiger partial charge in [-0.25, -0.2) is 0 Å². The molecule has 17 heavy (non-hydrogen) atoms. The average molecular weight is 259 g/mol. The molecule has 1 saturated carbocycles. The maximum Gasteiger partial charge on any atom is 0.0667 e. The molecule has 0 aromatic carbocycles. The van der Waals surface area contributed by atoms with E-state index in [2.05, 4.69) is 11.6 Å². The molecule has 0 spiro atoms. The van der Waals surface area contributed by atoms with Gasteiger partial charge < -0.3 is 10.4 Å². The van der Waals surface area contributed by atoms with Crippen molar-refractivity contribution in [1.82, 2.24) is 5.32 Å². The van der Waals surface area contributed by atoms with E-state index in [0.29, 0.717) is 0 Å². The normalized spacial score (nSPS) is 18.7. The molecule has 1 rings (SSSR count). The molecule has 0 bridgehead atoms. The van der Waals surface area contributed by atoms with Crippen LogP contribution in [0, 0.1) is 5.92 Å². The lowest BCUT2D eigenvalue weighted by atomic mass is 10.00. The average Bonchev–Trinajstić information content (AvgIpc) is 2.80. The van der Waals surface area contributed by atoms with E-state index in [9.17, 15) is 5.11 Å². The third-order valence-electron chi connectivity index (χ3n) is 3.66. The van der Waals surface area contributed by atoms with Crippen LogP contribution in [-0.2, 0) is 0 Å². The molecule has 0 aromatic rings. The molecule has 2 nitrogen and oxygen atoms in total. The van der Waals surface area contributed by atoms with E-state index in [1.165, 1.54) is 50.7 Å². The summed E-state index contributed by atoms with van der Waals surface area (Å²) in [4.78, 5) is 0. The minimum Gasteiger partial charge on any atom is -0.392 e. The van der Waals surface area contributed by atoms with E-state index in [4.69, 9.17) is 0 Å². The second-order valence-corrected chi connectivity index (χ2v) is 6.28. The lowest BCUT2D eigenvalue weighted by Gasteiger charge is -2.15. The summed E-state index contributed by atoms with van der Waals surface area (Å²) in [6, 6.07) is 0. The van der Waals surface area contributed by atoms with E-state index in [-0.39, 0.29) is 6.10 Å². The van der Waals surface area contributed by atoms with Crippen LogP contribution in [0.1, 0.15) is 51.4 Å². The molecule has 3 heteroatoms. The van der Waals surface area contributed by atoms with Gasteiger partial charge in [0, 0.05) is 6.54 Å². The Kier molecular flexibility index (Phi) is 9.21. The van der Waals surface area contributed by atoms with Gasteiger partial charge in [0.25, 0.3) is 0 Å². The lowest BCUT2D eigenvalue weighted by Crippen LogP contribution is -2.29. The predicted octanol–water partition coefficient (Wildman–Crippen LogP) is 3.05. The number of nitrogens with one attached hydrogen (secondary N) is 1. The van der Waals surface area contributed by atoms with Crippen LogP contribution in [0.4, 0.5) is 0 Å². The Bertz CT molecular complexity index is 172. The lowest BCUT2D eigenvalue weighted by molar-refractivity contribution is 0.141. The number of rotatable bonds is 10. The van der Waals surface area contributed by atoms with Gasteiger partial charge in [0.2, 0.25) is 0 Å². The van der Waals surface area contributed by atoms with Gasteiger partial charge in [-0.15, -0.1) is 0 Å². The first-order valence-electron chi connectivity index (χ1n) is 7.20. The maximum absolute atomic E-state index is 9.88. The molecule has 2 N–H and O–H groups in total. The van der Waals surface area contributed by atoms with Crippen LogP contribution in [0.5, 0.6) is 0 Å². The summed E-state index contributed by atoms with van der Waals surface area (Å²) in [5, 5.41) is 13.3. The minimum absolute atomic E-state index is 0.121. The molecular weight excluding hydrogens is 230 g/mol. The first-order chi connectivity index (χ1) is 8.33. The summed E-state index contributed by atoms with van der Waals surface area (Å²) < 4.78 is 0. The number of aliphatic hydroxyl groups excluding tert-OH is 1. The minimum atomic E-state index is -0.121. The molecule has 0 radical (unpaired) electrons. The van der Waals surface area contributed by atoms with Crippen molar-refractivity contribution in [1.29, 1.82) is 0 Å². The molecule has 1 aliphatic carbocycles. The largest absolute Gasteiger partial charge is 0.392 e. The Hall–Kier alpha value is 0.270. The molecule has 0 aliphatic heterocycles. The standard InChI is InChI=1S/C14H29NOS/c1-17-10-6-2-5-9-15-12-14(16)11-13-7-3-4-8-13/h13-16H,2-12H2,1H3. The van der Waals surface area contributed by atoms with Crippen LogP contribution >= 0.6 is 11.8 Å². The molecule has 0 amide bonds. The number of hydrogen-bond donors (Lipinski definition) is 2. The summed E-state index contributed by atoms with van der Waals surface area (Å²) in [6.07, 6.45) is 12.4. The molecule has 102 valence electrons. The smallest absolute Gasteiger partial charge is 0.0667 e. The number of aliphatic hydroxyl groups is 1. The van der Waals surface area contributed by atoms with Crippen LogP contribution in [-0.4, -0.2) is 36.3 Å². The topological polar surface area (TPSA) is 32.3 Å². The van der Waals surface area contributed by atoms with Gasteiger partial charge >= 0.3 is 0 Å². The van der Waals surface area contributed by atoms with Crippen molar-refractivity contribution >= 4 is 11.8 Å². The summed E-state index contributed by atoms with van der Waals surface area (Å²) in [6.45, 7) is 1.86. The van der Waals surface area contributed by atoms with Crippen molar-refractivity contribution in [3.8, 4) is 0 Å². The summed E-state index contributed by atoms with van der Waals surface area (Å²) in [5.41, 5.74) is 0. The Morgan fingerprint density at radius 2 is 2.00 bits per heavy atom. The zero-order valence-corrected chi connectivity index (χ0v) is 12.1. The van der Waals surface area contributed by atoms with E-state index in [0.717, 1.165) is 25.4 Å². The Morgan fingerprint density at radius 3 is 2.71 bits per heavy atom. The van der Waals surface area contributed by atoms with Crippen LogP contribution in [0.15, 0.2) is 0 Å². The van der Waals surface area contributed by atoms with E-state index < -0.39 is 0 Å². The van der Waals surface area contributed by atoms with Crippen molar-refractivity contribution < 1.29 is 5.11 Å². The Balaban J connectivity index is 1.84. The number of unbranched alkanes of at least 4 members (excludes halogenated alkanes) is 2. The fourth-order valence-corrected chi connectivity index (χ4v) is 3.15. The van der Waals surface area contributed by atoms with Gasteiger partial charge in [-0.3, -0.25) is 0 Å². The van der Waals surface area contributed by atoms with Crippen molar-refractivity contribution in [2.75, 3.05) is 25.1 Å². The van der Waals surface area contributed by atoms with E-state index in [1.807, 2.05) is 11.8 Å². The van der Waals surface area contributed by atoms with Crippen molar-refractivity contribution in [3.63, 3.8) is 0 Å². The van der Waals surface area contributed by atoms with Gasteiger partial charge in [0.1, 0.15) is 0 Å². The molecular formula is C14H29NOS. The molecule has 0 saturated heterocycles. The van der Waals surface area contributed by atoms with Crippen LogP contribution in [0.2, 0.25) is 0 Å². The Labute approximate surface area is 111 Å². The van der Waals surface area contributed by atoms with Crippen molar-refractivity contribution in [3.05, 3.63) is 0 Å². The third kappa shape index (κ3) is 8.06. The predicted molar refractivity (Wildman–Crippen MR) is 77.7 cm³/mol. The van der Waals surface area contributed by atoms with Crippen molar-refractivity contribution in [2.24, 2.45) is 5.92 Å². The third-order valence-corrected chi connectivity index (χ3v) is 4.36. The first-order valence-corrected chi connectivity index (χ1v) is 8.60. The first kappa shape index (κ1) is 15.3. The zero-order chi connectivity index (χ0) is 12.3. The second-order valence-electron chi connectivity index (χ2n) is 5.30. The fraction of sp³-hybridized carbons (Fsp3) is 1.00. The quantitative estimate of drug-likeness (QED) is 0.591. The molecule has 1 aliphatic rings. The number of hydrogen-bond acceptors (Lipinski definition) is 3. The van der Waals surface area contributed by atoms with Crippen LogP contribution < -0.4 is 5.32 Å². The van der Waals surface area contributed by atoms with E-state index in [1.54, 1.807) is 0 Å².